The Morgan fingerprint density at radius 1 is 1.25 bits per heavy atom. The van der Waals surface area contributed by atoms with Gasteiger partial charge in [-0.05, 0) is 24.6 Å². The fraction of sp³-hybridized carbons (Fsp3) is 0.182. The molecule has 0 fully saturated rings. The number of benzene rings is 1. The first-order chi connectivity index (χ1) is 7.60. The highest BCUT2D eigenvalue weighted by molar-refractivity contribution is 8.21. The van der Waals surface area contributed by atoms with E-state index in [0.717, 1.165) is 4.24 Å². The fourth-order valence-corrected chi connectivity index (χ4v) is 2.59. The van der Waals surface area contributed by atoms with E-state index in [1.54, 1.807) is 24.3 Å². The minimum absolute atomic E-state index is 0.119. The Balaban J connectivity index is 3.06. The molecule has 0 aliphatic carbocycles. The Labute approximate surface area is 114 Å². The van der Waals surface area contributed by atoms with Crippen LogP contribution in [0.15, 0.2) is 28.5 Å². The molecule has 86 valence electrons. The molecule has 0 unspecified atom stereocenters. The molecule has 1 rings (SSSR count). The molecule has 16 heavy (non-hydrogen) atoms. The van der Waals surface area contributed by atoms with E-state index in [1.165, 1.54) is 23.5 Å². The number of hydrogen-bond donors (Lipinski definition) is 0. The van der Waals surface area contributed by atoms with Crippen LogP contribution < -0.4 is 0 Å². The van der Waals surface area contributed by atoms with Gasteiger partial charge in [0.25, 0.3) is 0 Å². The minimum atomic E-state index is -0.119. The van der Waals surface area contributed by atoms with Gasteiger partial charge >= 0.3 is 0 Å². The predicted octanol–water partition coefficient (Wildman–Crippen LogP) is 4.74. The summed E-state index contributed by atoms with van der Waals surface area (Å²) in [6, 6.07) is 5.05. The van der Waals surface area contributed by atoms with Crippen LogP contribution in [0.5, 0.6) is 0 Å². The average Bonchev–Trinajstić information content (AvgIpc) is 2.29. The molecule has 1 nitrogen and oxygen atoms in total. The summed E-state index contributed by atoms with van der Waals surface area (Å²) in [4.78, 5) is 11.9. The average molecular weight is 293 g/mol. The van der Waals surface area contributed by atoms with E-state index < -0.39 is 0 Å². The van der Waals surface area contributed by atoms with E-state index in [-0.39, 0.29) is 5.78 Å². The van der Waals surface area contributed by atoms with Gasteiger partial charge in [0, 0.05) is 15.9 Å². The first-order valence-electron chi connectivity index (χ1n) is 4.38. The Bertz CT molecular complexity index is 424. The van der Waals surface area contributed by atoms with Gasteiger partial charge in [-0.1, -0.05) is 29.3 Å². The number of carbonyl (C=O) groups is 1. The molecule has 0 heterocycles. The Morgan fingerprint density at radius 3 is 2.44 bits per heavy atom. The van der Waals surface area contributed by atoms with Gasteiger partial charge in [0.15, 0.2) is 5.78 Å². The molecule has 0 N–H and O–H groups in total. The van der Waals surface area contributed by atoms with Gasteiger partial charge in [-0.2, -0.15) is 0 Å². The summed E-state index contributed by atoms with van der Waals surface area (Å²) in [6.45, 7) is 0. The summed E-state index contributed by atoms with van der Waals surface area (Å²) < 4.78 is 0.945. The number of carbonyl (C=O) groups excluding carboxylic acids is 1. The lowest BCUT2D eigenvalue weighted by atomic mass is 10.1. The Kier molecular flexibility index (Phi) is 5.76. The lowest BCUT2D eigenvalue weighted by Gasteiger charge is -2.03. The second-order valence-corrected chi connectivity index (χ2v) is 5.58. The summed E-state index contributed by atoms with van der Waals surface area (Å²) in [6.07, 6.45) is 5.43. The predicted molar refractivity (Wildman–Crippen MR) is 75.9 cm³/mol. The highest BCUT2D eigenvalue weighted by Crippen LogP contribution is 2.28. The van der Waals surface area contributed by atoms with Crippen LogP contribution in [0.25, 0.3) is 0 Å². The molecule has 0 saturated heterocycles. The van der Waals surface area contributed by atoms with Crippen molar-refractivity contribution in [3.8, 4) is 0 Å². The van der Waals surface area contributed by atoms with Crippen molar-refractivity contribution in [2.24, 2.45) is 0 Å². The lowest BCUT2D eigenvalue weighted by molar-refractivity contribution is 0.104. The Hall–Kier alpha value is -0.0900. The van der Waals surface area contributed by atoms with Crippen LogP contribution in [0.2, 0.25) is 10.0 Å². The van der Waals surface area contributed by atoms with Crippen LogP contribution in [0.4, 0.5) is 0 Å². The highest BCUT2D eigenvalue weighted by Gasteiger charge is 2.11. The largest absolute Gasteiger partial charge is 0.289 e. The van der Waals surface area contributed by atoms with E-state index in [2.05, 4.69) is 0 Å². The second-order valence-electron chi connectivity index (χ2n) is 2.84. The number of halogens is 2. The van der Waals surface area contributed by atoms with Crippen molar-refractivity contribution in [1.82, 2.24) is 0 Å². The molecule has 0 saturated carbocycles. The zero-order valence-corrected chi connectivity index (χ0v) is 11.9. The standard InChI is InChI=1S/C11H10Cl2OS2/c1-15-10(16-2)6-9(14)7-4-3-5-8(12)11(7)13/h3-6H,1-2H3. The third-order valence-electron chi connectivity index (χ3n) is 1.87. The molecule has 0 amide bonds. The number of allylic oxidation sites excluding steroid dienone is 1. The molecule has 0 bridgehead atoms. The third kappa shape index (κ3) is 3.45. The van der Waals surface area contributed by atoms with Gasteiger partial charge in [-0.25, -0.2) is 0 Å². The third-order valence-corrected chi connectivity index (χ3v) is 4.73. The Morgan fingerprint density at radius 2 is 1.88 bits per heavy atom. The summed E-state index contributed by atoms with van der Waals surface area (Å²) in [5.41, 5.74) is 0.440. The summed E-state index contributed by atoms with van der Waals surface area (Å²) >= 11 is 14.9. The van der Waals surface area contributed by atoms with Crippen LogP contribution in [-0.2, 0) is 0 Å². The topological polar surface area (TPSA) is 17.1 Å². The second kappa shape index (κ2) is 6.60. The summed E-state index contributed by atoms with van der Waals surface area (Å²) in [5.74, 6) is -0.119. The number of ketones is 1. The van der Waals surface area contributed by atoms with Gasteiger partial charge in [0.2, 0.25) is 0 Å². The van der Waals surface area contributed by atoms with E-state index in [4.69, 9.17) is 23.2 Å². The smallest absolute Gasteiger partial charge is 0.189 e. The SMILES string of the molecule is CSC(=CC(=O)c1cccc(Cl)c1Cl)SC. The summed E-state index contributed by atoms with van der Waals surface area (Å²) in [5, 5.41) is 0.711. The van der Waals surface area contributed by atoms with E-state index >= 15 is 0 Å². The highest BCUT2D eigenvalue weighted by atomic mass is 35.5. The molecule has 0 aliphatic heterocycles. The van der Waals surface area contributed by atoms with Crippen molar-refractivity contribution in [1.29, 1.82) is 0 Å². The van der Waals surface area contributed by atoms with Gasteiger partial charge in [0.1, 0.15) is 0 Å². The molecule has 5 heteroatoms. The molecule has 0 radical (unpaired) electrons. The first-order valence-corrected chi connectivity index (χ1v) is 7.58. The fourth-order valence-electron chi connectivity index (χ4n) is 1.08. The van der Waals surface area contributed by atoms with E-state index in [0.29, 0.717) is 15.6 Å². The van der Waals surface area contributed by atoms with Gasteiger partial charge in [-0.3, -0.25) is 4.79 Å². The van der Waals surface area contributed by atoms with Crippen molar-refractivity contribution in [2.45, 2.75) is 0 Å². The maximum Gasteiger partial charge on any atom is 0.189 e. The molecule has 0 spiro atoms. The van der Waals surface area contributed by atoms with Crippen LogP contribution in [-0.4, -0.2) is 18.3 Å². The van der Waals surface area contributed by atoms with Crippen LogP contribution in [0.1, 0.15) is 10.4 Å². The molecule has 0 aliphatic rings. The molecule has 1 aromatic rings. The maximum atomic E-state index is 11.9. The molecular formula is C11H10Cl2OS2. The maximum absolute atomic E-state index is 11.9. The zero-order chi connectivity index (χ0) is 12.1. The molecule has 1 aromatic carbocycles. The molecule has 0 aromatic heterocycles. The number of rotatable bonds is 4. The van der Waals surface area contributed by atoms with Crippen molar-refractivity contribution < 1.29 is 4.79 Å². The zero-order valence-electron chi connectivity index (χ0n) is 8.79. The van der Waals surface area contributed by atoms with Gasteiger partial charge in [-0.15, -0.1) is 23.5 Å². The lowest BCUT2D eigenvalue weighted by Crippen LogP contribution is -1.96. The molecule has 0 atom stereocenters. The van der Waals surface area contributed by atoms with Crippen molar-refractivity contribution in [3.05, 3.63) is 44.1 Å². The van der Waals surface area contributed by atoms with Crippen molar-refractivity contribution in [3.63, 3.8) is 0 Å². The van der Waals surface area contributed by atoms with E-state index in [9.17, 15) is 4.79 Å². The van der Waals surface area contributed by atoms with Gasteiger partial charge in [0.05, 0.1) is 10.0 Å². The number of hydrogen-bond acceptors (Lipinski definition) is 3. The van der Waals surface area contributed by atoms with Gasteiger partial charge < -0.3 is 0 Å². The first kappa shape index (κ1) is 14.0. The minimum Gasteiger partial charge on any atom is -0.289 e. The van der Waals surface area contributed by atoms with Crippen LogP contribution in [0.3, 0.4) is 0 Å². The van der Waals surface area contributed by atoms with Crippen molar-refractivity contribution >= 4 is 52.5 Å². The van der Waals surface area contributed by atoms with Crippen LogP contribution >= 0.6 is 46.7 Å². The van der Waals surface area contributed by atoms with E-state index in [1.807, 2.05) is 12.5 Å². The number of thioether (sulfide) groups is 2. The van der Waals surface area contributed by atoms with Crippen LogP contribution in [0, 0.1) is 0 Å². The van der Waals surface area contributed by atoms with Crippen molar-refractivity contribution in [2.75, 3.05) is 12.5 Å². The normalized spacial score (nSPS) is 10.0. The summed E-state index contributed by atoms with van der Waals surface area (Å²) in [7, 11) is 0. The quantitative estimate of drug-likeness (QED) is 0.589. The molecular weight excluding hydrogens is 283 g/mol. The monoisotopic (exact) mass is 292 g/mol.